The maximum atomic E-state index is 11.1. The Morgan fingerprint density at radius 1 is 1.56 bits per heavy atom. The fraction of sp³-hybridized carbons (Fsp3) is 0.250. The van der Waals surface area contributed by atoms with Crippen molar-refractivity contribution in [2.75, 3.05) is 5.75 Å². The first-order chi connectivity index (χ1) is 7.44. The van der Waals surface area contributed by atoms with Crippen molar-refractivity contribution < 1.29 is 22.7 Å². The van der Waals surface area contributed by atoms with Crippen LogP contribution in [0.2, 0.25) is 0 Å². The maximum Gasteiger partial charge on any atom is 0.371 e. The van der Waals surface area contributed by atoms with Gasteiger partial charge in [-0.3, -0.25) is 0 Å². The maximum absolute atomic E-state index is 11.1. The number of carboxylic acid groups (broad SMARTS) is 1. The molecule has 1 heterocycles. The summed E-state index contributed by atoms with van der Waals surface area (Å²) in [7, 11) is -3.66. The van der Waals surface area contributed by atoms with E-state index in [1.54, 1.807) is 0 Å². The van der Waals surface area contributed by atoms with Crippen LogP contribution in [0.4, 0.5) is 0 Å². The van der Waals surface area contributed by atoms with Crippen molar-refractivity contribution in [2.24, 2.45) is 0 Å². The molecule has 0 aliphatic carbocycles. The Kier molecular flexibility index (Phi) is 3.65. The van der Waals surface area contributed by atoms with Gasteiger partial charge in [0, 0.05) is 0 Å². The first kappa shape index (κ1) is 12.2. The minimum absolute atomic E-state index is 0.166. The Labute approximate surface area is 91.3 Å². The summed E-state index contributed by atoms with van der Waals surface area (Å²) in [6, 6.07) is 4.06. The molecular formula is C8H8N2O5S. The zero-order chi connectivity index (χ0) is 12.2. The number of hydrogen-bond acceptors (Lipinski definition) is 5. The van der Waals surface area contributed by atoms with Gasteiger partial charge in [0.1, 0.15) is 5.76 Å². The van der Waals surface area contributed by atoms with Crippen molar-refractivity contribution in [1.29, 1.82) is 5.26 Å². The predicted octanol–water partition coefficient (Wildman–Crippen LogP) is -0.0792. The average molecular weight is 244 g/mol. The van der Waals surface area contributed by atoms with Crippen molar-refractivity contribution in [3.8, 4) is 6.07 Å². The topological polar surface area (TPSA) is 120 Å². The third-order valence-corrected chi connectivity index (χ3v) is 2.69. The smallest absolute Gasteiger partial charge is 0.371 e. The highest BCUT2D eigenvalue weighted by Gasteiger charge is 2.12. The zero-order valence-electron chi connectivity index (χ0n) is 8.00. The van der Waals surface area contributed by atoms with Crippen molar-refractivity contribution in [3.63, 3.8) is 0 Å². The Morgan fingerprint density at radius 3 is 2.75 bits per heavy atom. The number of carboxylic acids is 1. The SMILES string of the molecule is N#CCS(=O)(=O)NCc1ccc(C(=O)O)o1. The number of rotatable bonds is 5. The number of carbonyl (C=O) groups is 1. The molecule has 0 aromatic carbocycles. The van der Waals surface area contributed by atoms with Crippen molar-refractivity contribution in [3.05, 3.63) is 23.7 Å². The molecule has 0 atom stereocenters. The molecule has 0 unspecified atom stereocenters. The summed E-state index contributed by atoms with van der Waals surface area (Å²) in [5.74, 6) is -1.99. The highest BCUT2D eigenvalue weighted by Crippen LogP contribution is 2.07. The van der Waals surface area contributed by atoms with Gasteiger partial charge in [0.25, 0.3) is 0 Å². The molecule has 0 radical (unpaired) electrons. The monoisotopic (exact) mass is 244 g/mol. The summed E-state index contributed by atoms with van der Waals surface area (Å²) in [5.41, 5.74) is 0. The number of furan rings is 1. The lowest BCUT2D eigenvalue weighted by molar-refractivity contribution is 0.0660. The van der Waals surface area contributed by atoms with E-state index in [4.69, 9.17) is 14.8 Å². The minimum Gasteiger partial charge on any atom is -0.475 e. The highest BCUT2D eigenvalue weighted by atomic mass is 32.2. The number of aromatic carboxylic acids is 1. The van der Waals surface area contributed by atoms with Crippen LogP contribution < -0.4 is 4.72 Å². The van der Waals surface area contributed by atoms with Crippen LogP contribution in [0.15, 0.2) is 16.5 Å². The van der Waals surface area contributed by atoms with Crippen LogP contribution in [-0.2, 0) is 16.6 Å². The van der Waals surface area contributed by atoms with E-state index in [-0.39, 0.29) is 18.1 Å². The quantitative estimate of drug-likeness (QED) is 0.747. The molecule has 0 aliphatic rings. The standard InChI is InChI=1S/C8H8N2O5S/c9-3-4-16(13,14)10-5-6-1-2-7(15-6)8(11)12/h1-2,10H,4-5H2,(H,11,12). The van der Waals surface area contributed by atoms with E-state index in [9.17, 15) is 13.2 Å². The van der Waals surface area contributed by atoms with Crippen LogP contribution >= 0.6 is 0 Å². The highest BCUT2D eigenvalue weighted by molar-refractivity contribution is 7.89. The second-order valence-corrected chi connectivity index (χ2v) is 4.62. The van der Waals surface area contributed by atoms with Crippen LogP contribution in [0, 0.1) is 11.3 Å². The van der Waals surface area contributed by atoms with Gasteiger partial charge < -0.3 is 9.52 Å². The van der Waals surface area contributed by atoms with Crippen molar-refractivity contribution in [1.82, 2.24) is 4.72 Å². The summed E-state index contributed by atoms with van der Waals surface area (Å²) in [6.07, 6.45) is 0. The molecule has 0 aliphatic heterocycles. The number of nitrogens with zero attached hydrogens (tertiary/aromatic N) is 1. The largest absolute Gasteiger partial charge is 0.475 e. The first-order valence-corrected chi connectivity index (χ1v) is 5.76. The van der Waals surface area contributed by atoms with E-state index < -0.39 is 21.7 Å². The molecule has 0 spiro atoms. The second-order valence-electron chi connectivity index (χ2n) is 2.81. The number of sulfonamides is 1. The Hall–Kier alpha value is -1.85. The molecule has 0 amide bonds. The first-order valence-electron chi connectivity index (χ1n) is 4.11. The lowest BCUT2D eigenvalue weighted by Crippen LogP contribution is -2.25. The van der Waals surface area contributed by atoms with E-state index in [0.717, 1.165) is 0 Å². The van der Waals surface area contributed by atoms with Gasteiger partial charge in [-0.25, -0.2) is 17.9 Å². The molecule has 0 saturated carbocycles. The van der Waals surface area contributed by atoms with Crippen molar-refractivity contribution >= 4 is 16.0 Å². The van der Waals surface area contributed by atoms with Crippen LogP contribution in [0.3, 0.4) is 0 Å². The van der Waals surface area contributed by atoms with Crippen LogP contribution in [0.1, 0.15) is 16.3 Å². The summed E-state index contributed by atoms with van der Waals surface area (Å²) >= 11 is 0. The zero-order valence-corrected chi connectivity index (χ0v) is 8.82. The van der Waals surface area contributed by atoms with Gasteiger partial charge in [-0.1, -0.05) is 0 Å². The lowest BCUT2D eigenvalue weighted by Gasteiger charge is -1.99. The molecule has 0 fully saturated rings. The molecule has 1 aromatic heterocycles. The van der Waals surface area contributed by atoms with E-state index in [1.807, 2.05) is 0 Å². The summed E-state index contributed by atoms with van der Waals surface area (Å²) in [5, 5.41) is 16.7. The molecular weight excluding hydrogens is 236 g/mol. The molecule has 16 heavy (non-hydrogen) atoms. The second kappa shape index (κ2) is 4.78. The average Bonchev–Trinajstić information content (AvgIpc) is 2.63. The minimum atomic E-state index is -3.66. The molecule has 0 bridgehead atoms. The fourth-order valence-corrected chi connectivity index (χ4v) is 1.54. The number of nitrogens with one attached hydrogen (secondary N) is 1. The summed E-state index contributed by atoms with van der Waals surface area (Å²) in [4.78, 5) is 10.4. The third kappa shape index (κ3) is 3.38. The molecule has 7 nitrogen and oxygen atoms in total. The van der Waals surface area contributed by atoms with Gasteiger partial charge in [0.2, 0.25) is 15.8 Å². The van der Waals surface area contributed by atoms with Gasteiger partial charge >= 0.3 is 5.97 Å². The van der Waals surface area contributed by atoms with E-state index >= 15 is 0 Å². The Balaban J connectivity index is 2.62. The van der Waals surface area contributed by atoms with Crippen molar-refractivity contribution in [2.45, 2.75) is 6.54 Å². The molecule has 2 N–H and O–H groups in total. The third-order valence-electron chi connectivity index (χ3n) is 1.59. The number of nitriles is 1. The lowest BCUT2D eigenvalue weighted by atomic mass is 10.4. The summed E-state index contributed by atoms with van der Waals surface area (Å²) in [6.45, 7) is -0.183. The molecule has 1 aromatic rings. The molecule has 0 saturated heterocycles. The van der Waals surface area contributed by atoms with Gasteiger partial charge in [0.15, 0.2) is 5.75 Å². The predicted molar refractivity (Wildman–Crippen MR) is 51.9 cm³/mol. The van der Waals surface area contributed by atoms with E-state index in [0.29, 0.717) is 0 Å². The molecule has 86 valence electrons. The normalized spacial score (nSPS) is 10.9. The molecule has 8 heteroatoms. The van der Waals surface area contributed by atoms with Gasteiger partial charge in [-0.15, -0.1) is 0 Å². The molecule has 1 rings (SSSR count). The van der Waals surface area contributed by atoms with Crippen LogP contribution in [0.5, 0.6) is 0 Å². The Morgan fingerprint density at radius 2 is 2.25 bits per heavy atom. The van der Waals surface area contributed by atoms with E-state index in [2.05, 4.69) is 4.72 Å². The van der Waals surface area contributed by atoms with Gasteiger partial charge in [-0.2, -0.15) is 5.26 Å². The Bertz CT molecular complexity index is 525. The number of hydrogen-bond donors (Lipinski definition) is 2. The summed E-state index contributed by atoms with van der Waals surface area (Å²) < 4.78 is 29.0. The van der Waals surface area contributed by atoms with E-state index in [1.165, 1.54) is 18.2 Å². The van der Waals surface area contributed by atoms with Crippen LogP contribution in [-0.4, -0.2) is 25.2 Å². The fourth-order valence-electron chi connectivity index (χ4n) is 0.905. The van der Waals surface area contributed by atoms with Crippen LogP contribution in [0.25, 0.3) is 0 Å². The van der Waals surface area contributed by atoms with Gasteiger partial charge in [-0.05, 0) is 12.1 Å². The van der Waals surface area contributed by atoms with Gasteiger partial charge in [0.05, 0.1) is 12.6 Å².